The molecule has 0 aromatic heterocycles. The molecule has 0 saturated heterocycles. The molecule has 5 nitrogen and oxygen atoms in total. The maximum Gasteiger partial charge on any atom is 0.334 e. The van der Waals surface area contributed by atoms with E-state index in [1.54, 1.807) is 18.2 Å². The molecule has 1 aliphatic carbocycles. The minimum Gasteiger partial charge on any atom is -0.478 e. The predicted molar refractivity (Wildman–Crippen MR) is 80.0 cm³/mol. The molecule has 23 heavy (non-hydrogen) atoms. The zero-order valence-corrected chi connectivity index (χ0v) is 12.5. The molecule has 1 aliphatic heterocycles. The van der Waals surface area contributed by atoms with Gasteiger partial charge in [0.05, 0.1) is 12.1 Å². The summed E-state index contributed by atoms with van der Waals surface area (Å²) in [7, 11) is 0. The highest BCUT2D eigenvalue weighted by molar-refractivity contribution is 6.01. The SMILES string of the molecule is O=C(O)C1=C(F)CN(C(=O)c2ccc3c(c2)CCCC3=O)CC1. The van der Waals surface area contributed by atoms with Crippen molar-refractivity contribution in [3.05, 3.63) is 46.3 Å². The molecule has 1 heterocycles. The Hall–Kier alpha value is -2.50. The van der Waals surface area contributed by atoms with Crippen LogP contribution in [-0.4, -0.2) is 40.8 Å². The van der Waals surface area contributed by atoms with E-state index in [0.29, 0.717) is 17.5 Å². The van der Waals surface area contributed by atoms with Gasteiger partial charge >= 0.3 is 5.97 Å². The van der Waals surface area contributed by atoms with Crippen LogP contribution in [0.15, 0.2) is 29.6 Å². The number of hydrogen-bond acceptors (Lipinski definition) is 3. The average molecular weight is 317 g/mol. The second-order valence-electron chi connectivity index (χ2n) is 5.81. The first-order valence-corrected chi connectivity index (χ1v) is 7.53. The lowest BCUT2D eigenvalue weighted by Gasteiger charge is -2.27. The largest absolute Gasteiger partial charge is 0.478 e. The third-order valence-electron chi connectivity index (χ3n) is 4.34. The lowest BCUT2D eigenvalue weighted by Crippen LogP contribution is -2.37. The molecule has 6 heteroatoms. The van der Waals surface area contributed by atoms with Crippen molar-refractivity contribution >= 4 is 17.7 Å². The zero-order chi connectivity index (χ0) is 16.6. The Bertz CT molecular complexity index is 738. The summed E-state index contributed by atoms with van der Waals surface area (Å²) in [4.78, 5) is 36.5. The van der Waals surface area contributed by atoms with Gasteiger partial charge in [0.25, 0.3) is 5.91 Å². The molecule has 0 unspecified atom stereocenters. The number of fused-ring (bicyclic) bond motifs is 1. The lowest BCUT2D eigenvalue weighted by atomic mass is 9.89. The highest BCUT2D eigenvalue weighted by Crippen LogP contribution is 2.25. The number of carbonyl (C=O) groups excluding carboxylic acids is 2. The Balaban J connectivity index is 1.82. The molecule has 0 bridgehead atoms. The van der Waals surface area contributed by atoms with E-state index in [1.807, 2.05) is 0 Å². The van der Waals surface area contributed by atoms with Gasteiger partial charge in [-0.15, -0.1) is 0 Å². The first kappa shape index (κ1) is 15.4. The van der Waals surface area contributed by atoms with E-state index in [4.69, 9.17) is 5.11 Å². The second kappa shape index (κ2) is 5.95. The van der Waals surface area contributed by atoms with Gasteiger partial charge in [-0.2, -0.15) is 0 Å². The van der Waals surface area contributed by atoms with Crippen molar-refractivity contribution in [1.29, 1.82) is 0 Å². The predicted octanol–water partition coefficient (Wildman–Crippen LogP) is 2.36. The van der Waals surface area contributed by atoms with Gasteiger partial charge in [0.1, 0.15) is 5.83 Å². The number of carboxylic acid groups (broad SMARTS) is 1. The number of amides is 1. The fourth-order valence-corrected chi connectivity index (χ4v) is 3.08. The summed E-state index contributed by atoms with van der Waals surface area (Å²) < 4.78 is 13.8. The van der Waals surface area contributed by atoms with E-state index >= 15 is 0 Å². The molecule has 0 saturated carbocycles. The Morgan fingerprint density at radius 3 is 2.65 bits per heavy atom. The van der Waals surface area contributed by atoms with Crippen LogP contribution in [0.5, 0.6) is 0 Å². The maximum absolute atomic E-state index is 13.8. The van der Waals surface area contributed by atoms with Crippen molar-refractivity contribution in [2.75, 3.05) is 13.1 Å². The molecule has 0 spiro atoms. The van der Waals surface area contributed by atoms with E-state index in [-0.39, 0.29) is 36.8 Å². The topological polar surface area (TPSA) is 74.7 Å². The molecule has 1 aromatic rings. The number of aliphatic carboxylic acids is 1. The molecule has 3 rings (SSSR count). The van der Waals surface area contributed by atoms with Crippen LogP contribution < -0.4 is 0 Å². The van der Waals surface area contributed by atoms with Crippen molar-refractivity contribution in [3.8, 4) is 0 Å². The number of ketones is 1. The van der Waals surface area contributed by atoms with Crippen molar-refractivity contribution in [3.63, 3.8) is 0 Å². The monoisotopic (exact) mass is 317 g/mol. The van der Waals surface area contributed by atoms with E-state index in [1.165, 1.54) is 4.90 Å². The van der Waals surface area contributed by atoms with Gasteiger partial charge < -0.3 is 10.0 Å². The number of nitrogens with zero attached hydrogens (tertiary/aromatic N) is 1. The minimum absolute atomic E-state index is 0.00364. The van der Waals surface area contributed by atoms with Crippen LogP contribution >= 0.6 is 0 Å². The van der Waals surface area contributed by atoms with E-state index in [9.17, 15) is 18.8 Å². The Kier molecular flexibility index (Phi) is 3.98. The lowest BCUT2D eigenvalue weighted by molar-refractivity contribution is -0.133. The van der Waals surface area contributed by atoms with Gasteiger partial charge in [0.15, 0.2) is 5.78 Å². The summed E-state index contributed by atoms with van der Waals surface area (Å²) in [6, 6.07) is 4.94. The third-order valence-corrected chi connectivity index (χ3v) is 4.34. The van der Waals surface area contributed by atoms with Crippen LogP contribution in [0.4, 0.5) is 4.39 Å². The minimum atomic E-state index is -1.28. The molecule has 120 valence electrons. The summed E-state index contributed by atoms with van der Waals surface area (Å²) >= 11 is 0. The normalized spacial score (nSPS) is 18.0. The van der Waals surface area contributed by atoms with Gasteiger partial charge in [-0.05, 0) is 37.0 Å². The second-order valence-corrected chi connectivity index (χ2v) is 5.81. The van der Waals surface area contributed by atoms with Crippen molar-refractivity contribution in [2.24, 2.45) is 0 Å². The van der Waals surface area contributed by atoms with Crippen LogP contribution in [-0.2, 0) is 11.2 Å². The fourth-order valence-electron chi connectivity index (χ4n) is 3.08. The number of aryl methyl sites for hydroxylation is 1. The summed E-state index contributed by atoms with van der Waals surface area (Å²) in [6.07, 6.45) is 2.04. The molecule has 0 fully saturated rings. The van der Waals surface area contributed by atoms with Gasteiger partial charge in [-0.1, -0.05) is 6.07 Å². The maximum atomic E-state index is 13.8. The molecule has 0 radical (unpaired) electrons. The van der Waals surface area contributed by atoms with Crippen LogP contribution in [0.2, 0.25) is 0 Å². The van der Waals surface area contributed by atoms with Crippen LogP contribution in [0.25, 0.3) is 0 Å². The summed E-state index contributed by atoms with van der Waals surface area (Å²) in [5.41, 5.74) is 1.66. The number of benzene rings is 1. The molecule has 1 amide bonds. The standard InChI is InChI=1S/C17H16FNO4/c18-14-9-19(7-6-13(14)17(22)23)16(21)11-4-5-12-10(8-11)2-1-3-15(12)20/h4-5,8H,1-3,6-7,9H2,(H,22,23). The van der Waals surface area contributed by atoms with Gasteiger partial charge in [0, 0.05) is 24.1 Å². The quantitative estimate of drug-likeness (QED) is 0.908. The Morgan fingerprint density at radius 2 is 1.96 bits per heavy atom. The summed E-state index contributed by atoms with van der Waals surface area (Å²) in [5, 5.41) is 8.87. The Labute approximate surface area is 132 Å². The van der Waals surface area contributed by atoms with Gasteiger partial charge in [0.2, 0.25) is 0 Å². The molecule has 1 N–H and O–H groups in total. The smallest absolute Gasteiger partial charge is 0.334 e. The van der Waals surface area contributed by atoms with E-state index < -0.39 is 11.8 Å². The summed E-state index contributed by atoms with van der Waals surface area (Å²) in [5.74, 6) is -2.30. The van der Waals surface area contributed by atoms with Crippen LogP contribution in [0.3, 0.4) is 0 Å². The average Bonchev–Trinajstić information content (AvgIpc) is 2.53. The van der Waals surface area contributed by atoms with Crippen molar-refractivity contribution < 1.29 is 23.9 Å². The number of carboxylic acids is 1. The number of Topliss-reactive ketones (excluding diaryl/α,β-unsaturated/α-hetero) is 1. The van der Waals surface area contributed by atoms with Crippen LogP contribution in [0, 0.1) is 0 Å². The van der Waals surface area contributed by atoms with Gasteiger partial charge in [-0.3, -0.25) is 9.59 Å². The molecule has 0 atom stereocenters. The molecule has 1 aromatic carbocycles. The van der Waals surface area contributed by atoms with Crippen molar-refractivity contribution in [2.45, 2.75) is 25.7 Å². The summed E-state index contributed by atoms with van der Waals surface area (Å²) in [6.45, 7) is -0.152. The van der Waals surface area contributed by atoms with Gasteiger partial charge in [-0.25, -0.2) is 9.18 Å². The Morgan fingerprint density at radius 1 is 1.17 bits per heavy atom. The molecule has 2 aliphatic rings. The molecular weight excluding hydrogens is 301 g/mol. The fraction of sp³-hybridized carbons (Fsp3) is 0.353. The van der Waals surface area contributed by atoms with E-state index in [0.717, 1.165) is 18.4 Å². The number of hydrogen-bond donors (Lipinski definition) is 1. The number of halogens is 1. The highest BCUT2D eigenvalue weighted by Gasteiger charge is 2.28. The van der Waals surface area contributed by atoms with Crippen LogP contribution in [0.1, 0.15) is 45.5 Å². The highest BCUT2D eigenvalue weighted by atomic mass is 19.1. The first-order chi connectivity index (χ1) is 11.0. The third kappa shape index (κ3) is 2.88. The van der Waals surface area contributed by atoms with E-state index in [2.05, 4.69) is 0 Å². The first-order valence-electron chi connectivity index (χ1n) is 7.53. The molecular formula is C17H16FNO4. The number of carbonyl (C=O) groups is 3. The van der Waals surface area contributed by atoms with Crippen molar-refractivity contribution in [1.82, 2.24) is 4.90 Å². The zero-order valence-electron chi connectivity index (χ0n) is 12.5. The number of rotatable bonds is 2.